The van der Waals surface area contributed by atoms with Crippen LogP contribution in [0.3, 0.4) is 0 Å². The van der Waals surface area contributed by atoms with Crippen LogP contribution in [0, 0.1) is 5.41 Å². The second-order valence-electron chi connectivity index (χ2n) is 5.79. The van der Waals surface area contributed by atoms with Gasteiger partial charge in [-0.15, -0.1) is 11.3 Å². The van der Waals surface area contributed by atoms with Crippen LogP contribution in [-0.4, -0.2) is 29.1 Å². The minimum atomic E-state index is -0.634. The van der Waals surface area contributed by atoms with E-state index in [2.05, 4.69) is 28.3 Å². The molecule has 2 aromatic heterocycles. The van der Waals surface area contributed by atoms with Crippen LogP contribution in [0.4, 0.5) is 5.82 Å². The van der Waals surface area contributed by atoms with Gasteiger partial charge >= 0.3 is 5.97 Å². The van der Waals surface area contributed by atoms with Gasteiger partial charge in [-0.25, -0.2) is 4.98 Å². The Hall–Kier alpha value is -1.62. The number of pyridine rings is 1. The van der Waals surface area contributed by atoms with Crippen LogP contribution in [0.5, 0.6) is 0 Å². The topological polar surface area (TPSA) is 53.4 Å². The van der Waals surface area contributed by atoms with E-state index in [0.29, 0.717) is 12.8 Å². The van der Waals surface area contributed by atoms with E-state index in [9.17, 15) is 9.90 Å². The van der Waals surface area contributed by atoms with E-state index in [4.69, 9.17) is 0 Å². The molecule has 1 aliphatic heterocycles. The van der Waals surface area contributed by atoms with Gasteiger partial charge in [0, 0.05) is 29.4 Å². The first-order valence-corrected chi connectivity index (χ1v) is 8.35. The molecule has 0 unspecified atom stereocenters. The first-order chi connectivity index (χ1) is 10.2. The van der Waals surface area contributed by atoms with Crippen LogP contribution in [0.25, 0.3) is 10.1 Å². The summed E-state index contributed by atoms with van der Waals surface area (Å²) in [5.74, 6) is 0.370. The number of thiophene rings is 1. The molecule has 0 saturated carbocycles. The molecule has 0 atom stereocenters. The minimum absolute atomic E-state index is 0.534. The standard InChI is InChI=1S/C16H20N2O2S/c1-2-5-16(15(19)20)6-9-18(10-7-16)14-12-4-11-21-13(12)3-8-17-14/h3-4,8,11H,2,5-7,9-10H2,1H3,(H,19,20). The van der Waals surface area contributed by atoms with Crippen LogP contribution in [0.15, 0.2) is 23.7 Å². The molecule has 1 fully saturated rings. The average Bonchev–Trinajstić information content (AvgIpc) is 2.96. The monoisotopic (exact) mass is 304 g/mol. The second kappa shape index (κ2) is 5.64. The fraction of sp³-hybridized carbons (Fsp3) is 0.500. The maximum atomic E-state index is 11.6. The maximum absolute atomic E-state index is 11.6. The SMILES string of the molecule is CCCC1(C(=O)O)CCN(c2nccc3sccc23)CC1. The van der Waals surface area contributed by atoms with Gasteiger partial charge in [-0.2, -0.15) is 0 Å². The highest BCUT2D eigenvalue weighted by molar-refractivity contribution is 7.17. The van der Waals surface area contributed by atoms with E-state index < -0.39 is 11.4 Å². The van der Waals surface area contributed by atoms with Crippen molar-refractivity contribution in [1.29, 1.82) is 0 Å². The Kier molecular flexibility index (Phi) is 3.85. The Morgan fingerprint density at radius 2 is 2.19 bits per heavy atom. The lowest BCUT2D eigenvalue weighted by molar-refractivity contribution is -0.150. The number of hydrogen-bond donors (Lipinski definition) is 1. The number of carboxylic acid groups (broad SMARTS) is 1. The predicted octanol–water partition coefficient (Wildman–Crippen LogP) is 3.77. The summed E-state index contributed by atoms with van der Waals surface area (Å²) in [4.78, 5) is 18.4. The quantitative estimate of drug-likeness (QED) is 0.934. The van der Waals surface area contributed by atoms with E-state index in [1.54, 1.807) is 11.3 Å². The summed E-state index contributed by atoms with van der Waals surface area (Å²) in [6, 6.07) is 4.14. The van der Waals surface area contributed by atoms with Crippen molar-refractivity contribution < 1.29 is 9.90 Å². The molecule has 21 heavy (non-hydrogen) atoms. The summed E-state index contributed by atoms with van der Waals surface area (Å²) in [5.41, 5.74) is -0.534. The molecule has 112 valence electrons. The number of hydrogen-bond acceptors (Lipinski definition) is 4. The highest BCUT2D eigenvalue weighted by atomic mass is 32.1. The van der Waals surface area contributed by atoms with Crippen molar-refractivity contribution in [3.8, 4) is 0 Å². The van der Waals surface area contributed by atoms with Gasteiger partial charge < -0.3 is 10.0 Å². The maximum Gasteiger partial charge on any atom is 0.309 e. The summed E-state index contributed by atoms with van der Waals surface area (Å²) in [6.07, 6.45) is 4.95. The van der Waals surface area contributed by atoms with Gasteiger partial charge in [0.2, 0.25) is 0 Å². The van der Waals surface area contributed by atoms with Crippen molar-refractivity contribution in [1.82, 2.24) is 4.98 Å². The summed E-state index contributed by atoms with van der Waals surface area (Å²) in [6.45, 7) is 3.60. The van der Waals surface area contributed by atoms with Gasteiger partial charge in [-0.05, 0) is 36.8 Å². The van der Waals surface area contributed by atoms with Gasteiger partial charge in [-0.1, -0.05) is 13.3 Å². The molecule has 0 amide bonds. The molecule has 3 rings (SSSR count). The largest absolute Gasteiger partial charge is 0.481 e. The first-order valence-electron chi connectivity index (χ1n) is 7.47. The van der Waals surface area contributed by atoms with Crippen molar-refractivity contribution >= 4 is 33.2 Å². The third kappa shape index (κ3) is 2.50. The molecule has 0 spiro atoms. The Morgan fingerprint density at radius 1 is 1.43 bits per heavy atom. The second-order valence-corrected chi connectivity index (χ2v) is 6.74. The van der Waals surface area contributed by atoms with Crippen LogP contribution in [0.1, 0.15) is 32.6 Å². The van der Waals surface area contributed by atoms with Gasteiger partial charge in [0.1, 0.15) is 5.82 Å². The van der Waals surface area contributed by atoms with E-state index in [-0.39, 0.29) is 0 Å². The van der Waals surface area contributed by atoms with Crippen LogP contribution >= 0.6 is 11.3 Å². The van der Waals surface area contributed by atoms with Crippen LogP contribution in [-0.2, 0) is 4.79 Å². The molecule has 0 bridgehead atoms. The summed E-state index contributed by atoms with van der Waals surface area (Å²) < 4.78 is 1.24. The summed E-state index contributed by atoms with van der Waals surface area (Å²) in [5, 5.41) is 12.8. The Labute approximate surface area is 128 Å². The molecule has 1 N–H and O–H groups in total. The smallest absolute Gasteiger partial charge is 0.309 e. The summed E-state index contributed by atoms with van der Waals surface area (Å²) in [7, 11) is 0. The number of rotatable bonds is 4. The first kappa shape index (κ1) is 14.3. The number of anilines is 1. The molecule has 0 aliphatic carbocycles. The fourth-order valence-corrected chi connectivity index (χ4v) is 4.10. The van der Waals surface area contributed by atoms with Crippen LogP contribution in [0.2, 0.25) is 0 Å². The predicted molar refractivity (Wildman–Crippen MR) is 86.0 cm³/mol. The van der Waals surface area contributed by atoms with Crippen molar-refractivity contribution in [2.24, 2.45) is 5.41 Å². The lowest BCUT2D eigenvalue weighted by Crippen LogP contribution is -2.44. The number of fused-ring (bicyclic) bond motifs is 1. The lowest BCUT2D eigenvalue weighted by atomic mass is 9.75. The summed E-state index contributed by atoms with van der Waals surface area (Å²) >= 11 is 1.72. The number of aliphatic carboxylic acids is 1. The number of carbonyl (C=O) groups is 1. The number of nitrogens with zero attached hydrogens (tertiary/aromatic N) is 2. The fourth-order valence-electron chi connectivity index (χ4n) is 3.33. The third-order valence-corrected chi connectivity index (χ3v) is 5.44. The molecule has 2 aromatic rings. The van der Waals surface area contributed by atoms with Gasteiger partial charge in [0.05, 0.1) is 5.41 Å². The highest BCUT2D eigenvalue weighted by Gasteiger charge is 2.41. The molecule has 0 aromatic carbocycles. The molecular weight excluding hydrogens is 284 g/mol. The van der Waals surface area contributed by atoms with Crippen LogP contribution < -0.4 is 4.90 Å². The number of aromatic nitrogens is 1. The zero-order valence-corrected chi connectivity index (χ0v) is 13.0. The Bertz CT molecular complexity index is 645. The molecule has 1 aliphatic rings. The lowest BCUT2D eigenvalue weighted by Gasteiger charge is -2.39. The molecule has 0 radical (unpaired) electrons. The van der Waals surface area contributed by atoms with Gasteiger partial charge in [0.25, 0.3) is 0 Å². The highest BCUT2D eigenvalue weighted by Crippen LogP contribution is 2.39. The van der Waals surface area contributed by atoms with Gasteiger partial charge in [-0.3, -0.25) is 4.79 Å². The van der Waals surface area contributed by atoms with E-state index in [1.807, 2.05) is 12.3 Å². The molecular formula is C16H20N2O2S. The Balaban J connectivity index is 1.82. The third-order valence-electron chi connectivity index (χ3n) is 4.56. The number of piperidine rings is 1. The molecule has 1 saturated heterocycles. The normalized spacial score (nSPS) is 18.0. The molecule has 3 heterocycles. The molecule has 5 heteroatoms. The van der Waals surface area contributed by atoms with Crippen molar-refractivity contribution in [2.45, 2.75) is 32.6 Å². The zero-order chi connectivity index (χ0) is 14.9. The number of carboxylic acids is 1. The van der Waals surface area contributed by atoms with E-state index >= 15 is 0 Å². The Morgan fingerprint density at radius 3 is 2.86 bits per heavy atom. The van der Waals surface area contributed by atoms with Crippen molar-refractivity contribution in [3.05, 3.63) is 23.7 Å². The average molecular weight is 304 g/mol. The van der Waals surface area contributed by atoms with E-state index in [0.717, 1.165) is 31.7 Å². The minimum Gasteiger partial charge on any atom is -0.481 e. The van der Waals surface area contributed by atoms with Crippen molar-refractivity contribution in [3.63, 3.8) is 0 Å². The van der Waals surface area contributed by atoms with Gasteiger partial charge in [0.15, 0.2) is 0 Å². The van der Waals surface area contributed by atoms with E-state index in [1.165, 1.54) is 10.1 Å². The molecule has 4 nitrogen and oxygen atoms in total. The zero-order valence-electron chi connectivity index (χ0n) is 12.2. The van der Waals surface area contributed by atoms with Crippen molar-refractivity contribution in [2.75, 3.05) is 18.0 Å².